The molecule has 2 aromatic carbocycles. The first-order valence-corrected chi connectivity index (χ1v) is 11.9. The van der Waals surface area contributed by atoms with Gasteiger partial charge in [0.25, 0.3) is 0 Å². The van der Waals surface area contributed by atoms with E-state index in [-0.39, 0.29) is 10.8 Å². The number of carbonyl (C=O) groups is 2. The third-order valence-electron chi connectivity index (χ3n) is 5.06. The lowest BCUT2D eigenvalue weighted by Gasteiger charge is -2.22. The highest BCUT2D eigenvalue weighted by Crippen LogP contribution is 2.23. The first-order chi connectivity index (χ1) is 16.1. The van der Waals surface area contributed by atoms with Gasteiger partial charge in [-0.2, -0.15) is 4.72 Å². The van der Waals surface area contributed by atoms with Gasteiger partial charge in [0, 0.05) is 32.1 Å². The number of nitrogens with one attached hydrogen (secondary N) is 3. The average Bonchev–Trinajstić information content (AvgIpc) is 3.22. The maximum Gasteiger partial charge on any atom is 0.241 e. The molecular formula is C23H27N5O5S. The number of ether oxygens (including phenoxy) is 1. The number of methoxy groups -OCH3 is 1. The molecule has 1 heterocycles. The Morgan fingerprint density at radius 1 is 1.06 bits per heavy atom. The number of hydrogen-bond donors (Lipinski definition) is 3. The molecule has 0 bridgehead atoms. The quantitative estimate of drug-likeness (QED) is 0.425. The molecule has 0 aliphatic carbocycles. The van der Waals surface area contributed by atoms with E-state index in [0.717, 1.165) is 5.56 Å². The first-order valence-electron chi connectivity index (χ1n) is 10.4. The molecule has 2 atom stereocenters. The van der Waals surface area contributed by atoms with E-state index >= 15 is 0 Å². The van der Waals surface area contributed by atoms with Crippen LogP contribution in [0.25, 0.3) is 0 Å². The maximum atomic E-state index is 13.0. The van der Waals surface area contributed by atoms with E-state index in [1.165, 1.54) is 38.1 Å². The van der Waals surface area contributed by atoms with Crippen LogP contribution in [0, 0.1) is 0 Å². The second-order valence-electron chi connectivity index (χ2n) is 7.66. The van der Waals surface area contributed by atoms with Crippen molar-refractivity contribution in [3.63, 3.8) is 0 Å². The van der Waals surface area contributed by atoms with E-state index in [9.17, 15) is 18.0 Å². The lowest BCUT2D eigenvalue weighted by Crippen LogP contribution is -2.46. The molecule has 1 aromatic heterocycles. The zero-order valence-electron chi connectivity index (χ0n) is 19.3. The van der Waals surface area contributed by atoms with Gasteiger partial charge in [-0.3, -0.25) is 9.59 Å². The number of sulfonamides is 1. The van der Waals surface area contributed by atoms with E-state index in [0.29, 0.717) is 17.3 Å². The van der Waals surface area contributed by atoms with Crippen LogP contribution in [-0.2, 0) is 26.7 Å². The Labute approximate surface area is 198 Å². The summed E-state index contributed by atoms with van der Waals surface area (Å²) in [5, 5.41) is 5.45. The Bertz CT molecular complexity index is 1250. The molecule has 0 spiro atoms. The fourth-order valence-electron chi connectivity index (χ4n) is 3.29. The minimum absolute atomic E-state index is 0.0305. The Morgan fingerprint density at radius 3 is 2.24 bits per heavy atom. The highest BCUT2D eigenvalue weighted by molar-refractivity contribution is 7.89. The normalized spacial score (nSPS) is 13.1. The summed E-state index contributed by atoms with van der Waals surface area (Å²) in [7, 11) is -0.611. The lowest BCUT2D eigenvalue weighted by molar-refractivity contribution is -0.123. The van der Waals surface area contributed by atoms with Crippen molar-refractivity contribution in [3.8, 4) is 5.75 Å². The van der Waals surface area contributed by atoms with Crippen molar-refractivity contribution in [2.45, 2.75) is 30.8 Å². The summed E-state index contributed by atoms with van der Waals surface area (Å²) < 4.78 is 34.9. The molecule has 11 heteroatoms. The Kier molecular flexibility index (Phi) is 7.69. The number of imidazole rings is 1. The van der Waals surface area contributed by atoms with Gasteiger partial charge in [0.1, 0.15) is 17.6 Å². The van der Waals surface area contributed by atoms with Crippen LogP contribution >= 0.6 is 0 Å². The Morgan fingerprint density at radius 2 is 1.71 bits per heavy atom. The van der Waals surface area contributed by atoms with E-state index in [1.54, 1.807) is 36.2 Å². The zero-order valence-corrected chi connectivity index (χ0v) is 20.1. The minimum atomic E-state index is -3.98. The van der Waals surface area contributed by atoms with Gasteiger partial charge in [-0.1, -0.05) is 12.1 Å². The SMILES string of the molecule is COc1ccc(C(NC(=O)[C@H](C)NS(=O)(=O)c2ccc(NC(C)=O)cc2)c2nccn2C)cc1. The van der Waals surface area contributed by atoms with Crippen LogP contribution in [0.4, 0.5) is 5.69 Å². The summed E-state index contributed by atoms with van der Waals surface area (Å²) in [6.45, 7) is 2.82. The van der Waals surface area contributed by atoms with Crippen LogP contribution in [0.2, 0.25) is 0 Å². The largest absolute Gasteiger partial charge is 0.497 e. The maximum absolute atomic E-state index is 13.0. The van der Waals surface area contributed by atoms with Gasteiger partial charge in [-0.05, 0) is 48.9 Å². The summed E-state index contributed by atoms with van der Waals surface area (Å²) in [5.74, 6) is 0.460. The van der Waals surface area contributed by atoms with E-state index in [4.69, 9.17) is 4.74 Å². The van der Waals surface area contributed by atoms with E-state index < -0.39 is 28.0 Å². The first kappa shape index (κ1) is 24.9. The van der Waals surface area contributed by atoms with E-state index in [2.05, 4.69) is 20.3 Å². The van der Waals surface area contributed by atoms with Crippen molar-refractivity contribution >= 4 is 27.5 Å². The van der Waals surface area contributed by atoms with Gasteiger partial charge in [-0.15, -0.1) is 0 Å². The summed E-state index contributed by atoms with van der Waals surface area (Å²) in [6, 6.07) is 11.1. The number of anilines is 1. The molecule has 0 aliphatic rings. The molecule has 3 aromatic rings. The molecule has 10 nitrogen and oxygen atoms in total. The van der Waals surface area contributed by atoms with Crippen molar-refractivity contribution in [2.75, 3.05) is 12.4 Å². The van der Waals surface area contributed by atoms with Gasteiger partial charge in [-0.25, -0.2) is 13.4 Å². The number of rotatable bonds is 9. The number of amides is 2. The molecule has 34 heavy (non-hydrogen) atoms. The average molecular weight is 486 g/mol. The van der Waals surface area contributed by atoms with Crippen LogP contribution < -0.4 is 20.1 Å². The lowest BCUT2D eigenvalue weighted by atomic mass is 10.1. The van der Waals surface area contributed by atoms with Gasteiger partial charge < -0.3 is 19.9 Å². The number of benzene rings is 2. The molecule has 0 aliphatic heterocycles. The Hall–Kier alpha value is -3.70. The Balaban J connectivity index is 1.77. The highest BCUT2D eigenvalue weighted by atomic mass is 32.2. The van der Waals surface area contributed by atoms with Gasteiger partial charge in [0.05, 0.1) is 18.0 Å². The van der Waals surface area contributed by atoms with Gasteiger partial charge in [0.2, 0.25) is 21.8 Å². The fraction of sp³-hybridized carbons (Fsp3) is 0.261. The molecule has 0 saturated heterocycles. The van der Waals surface area contributed by atoms with Crippen molar-refractivity contribution in [2.24, 2.45) is 7.05 Å². The molecule has 0 fully saturated rings. The van der Waals surface area contributed by atoms with Crippen LogP contribution in [0.3, 0.4) is 0 Å². The molecule has 2 amide bonds. The monoisotopic (exact) mass is 485 g/mol. The molecule has 0 saturated carbocycles. The van der Waals surface area contributed by atoms with Crippen LogP contribution in [-0.4, -0.2) is 42.9 Å². The predicted octanol–water partition coefficient (Wildman–Crippen LogP) is 1.96. The summed E-state index contributed by atoms with van der Waals surface area (Å²) >= 11 is 0. The summed E-state index contributed by atoms with van der Waals surface area (Å²) in [4.78, 5) is 28.5. The van der Waals surface area contributed by atoms with E-state index in [1.807, 2.05) is 19.2 Å². The second kappa shape index (κ2) is 10.5. The molecule has 180 valence electrons. The number of carbonyl (C=O) groups excluding carboxylic acids is 2. The van der Waals surface area contributed by atoms with Crippen LogP contribution in [0.5, 0.6) is 5.75 Å². The number of aromatic nitrogens is 2. The van der Waals surface area contributed by atoms with Crippen molar-refractivity contribution < 1.29 is 22.7 Å². The fourth-order valence-corrected chi connectivity index (χ4v) is 4.49. The predicted molar refractivity (Wildman–Crippen MR) is 127 cm³/mol. The zero-order chi connectivity index (χ0) is 24.9. The molecule has 3 N–H and O–H groups in total. The minimum Gasteiger partial charge on any atom is -0.497 e. The van der Waals surface area contributed by atoms with Crippen LogP contribution in [0.1, 0.15) is 31.3 Å². The number of aryl methyl sites for hydroxylation is 1. The third kappa shape index (κ3) is 6.00. The molecular weight excluding hydrogens is 458 g/mol. The standard InChI is InChI=1S/C23H27N5O5S/c1-15(27-34(31,32)20-11-7-18(8-12-20)25-16(2)29)23(30)26-21(22-24-13-14-28(22)3)17-5-9-19(33-4)10-6-17/h5-15,21,27H,1-4H3,(H,25,29)(H,26,30)/t15-,21?/m0/s1. The molecule has 3 rings (SSSR count). The molecule has 1 unspecified atom stereocenters. The third-order valence-corrected chi connectivity index (χ3v) is 6.62. The van der Waals surface area contributed by atoms with Crippen molar-refractivity contribution in [3.05, 3.63) is 72.3 Å². The number of hydrogen-bond acceptors (Lipinski definition) is 6. The van der Waals surface area contributed by atoms with Gasteiger partial charge >= 0.3 is 0 Å². The smallest absolute Gasteiger partial charge is 0.241 e. The topological polar surface area (TPSA) is 131 Å². The summed E-state index contributed by atoms with van der Waals surface area (Å²) in [6.07, 6.45) is 3.38. The summed E-state index contributed by atoms with van der Waals surface area (Å²) in [5.41, 5.74) is 1.22. The van der Waals surface area contributed by atoms with Crippen molar-refractivity contribution in [1.82, 2.24) is 19.6 Å². The second-order valence-corrected chi connectivity index (χ2v) is 9.37. The van der Waals surface area contributed by atoms with Crippen molar-refractivity contribution in [1.29, 1.82) is 0 Å². The highest BCUT2D eigenvalue weighted by Gasteiger charge is 2.27. The molecule has 0 radical (unpaired) electrons. The number of nitrogens with zero attached hydrogens (tertiary/aromatic N) is 2. The van der Waals surface area contributed by atoms with Gasteiger partial charge in [0.15, 0.2) is 0 Å². The van der Waals surface area contributed by atoms with Crippen LogP contribution in [0.15, 0.2) is 65.8 Å².